The van der Waals surface area contributed by atoms with Crippen LogP contribution in [0.1, 0.15) is 33.1 Å². The van der Waals surface area contributed by atoms with Gasteiger partial charge in [-0.05, 0) is 32.4 Å². The molecule has 0 bridgehead atoms. The van der Waals surface area contributed by atoms with Crippen LogP contribution in [-0.2, 0) is 9.53 Å². The Morgan fingerprint density at radius 3 is 2.67 bits per heavy atom. The molecule has 0 aliphatic rings. The second-order valence-electron chi connectivity index (χ2n) is 4.04. The molecule has 0 spiro atoms. The molecule has 0 saturated heterocycles. The van der Waals surface area contributed by atoms with Crippen molar-refractivity contribution in [1.82, 2.24) is 0 Å². The van der Waals surface area contributed by atoms with E-state index in [4.69, 9.17) is 5.26 Å². The fraction of sp³-hybridized carbons (Fsp3) is 0.818. The van der Waals surface area contributed by atoms with E-state index < -0.39 is 0 Å². The summed E-state index contributed by atoms with van der Waals surface area (Å²) >= 11 is 1.74. The van der Waals surface area contributed by atoms with Crippen molar-refractivity contribution < 1.29 is 9.53 Å². The Bertz CT molecular complexity index is 233. The molecule has 0 saturated carbocycles. The molecule has 0 N–H and O–H groups in total. The molecular weight excluding hydrogens is 210 g/mol. The zero-order valence-corrected chi connectivity index (χ0v) is 10.5. The first-order chi connectivity index (χ1) is 7.02. The Kier molecular flexibility index (Phi) is 7.23. The number of carbonyl (C=O) groups excluding carboxylic acids is 1. The fourth-order valence-electron chi connectivity index (χ4n) is 1.03. The predicted octanol–water partition coefficient (Wildman–Crippen LogP) is 2.61. The first-order valence-corrected chi connectivity index (χ1v) is 6.23. The molecule has 4 heteroatoms. The molecule has 0 aliphatic carbocycles. The molecule has 0 fully saturated rings. The Balaban J connectivity index is 3.34. The molecule has 0 aromatic heterocycles. The van der Waals surface area contributed by atoms with Crippen LogP contribution in [0.5, 0.6) is 0 Å². The molecule has 0 radical (unpaired) electrons. The third-order valence-corrected chi connectivity index (χ3v) is 3.14. The second-order valence-corrected chi connectivity index (χ2v) is 5.26. The summed E-state index contributed by atoms with van der Waals surface area (Å²) in [5.41, 5.74) is -0.219. The molecule has 0 aromatic carbocycles. The average Bonchev–Trinajstić information content (AvgIpc) is 2.22. The van der Waals surface area contributed by atoms with Gasteiger partial charge in [0, 0.05) is 5.75 Å². The number of nitriles is 1. The SMILES string of the molecule is COC(=O)CCSCCCC(C)(C)C#N. The summed E-state index contributed by atoms with van der Waals surface area (Å²) in [4.78, 5) is 10.8. The summed E-state index contributed by atoms with van der Waals surface area (Å²) in [7, 11) is 1.41. The van der Waals surface area contributed by atoms with Gasteiger partial charge in [0.25, 0.3) is 0 Å². The standard InChI is InChI=1S/C11H19NO2S/c1-11(2,9-12)6-4-7-15-8-5-10(13)14-3/h4-8H2,1-3H3. The topological polar surface area (TPSA) is 50.1 Å². The molecule has 3 nitrogen and oxygen atoms in total. The lowest BCUT2D eigenvalue weighted by Gasteiger charge is -2.13. The number of carbonyl (C=O) groups is 1. The Morgan fingerprint density at radius 1 is 1.47 bits per heavy atom. The van der Waals surface area contributed by atoms with Crippen molar-refractivity contribution in [2.24, 2.45) is 5.41 Å². The smallest absolute Gasteiger partial charge is 0.306 e. The summed E-state index contributed by atoms with van der Waals surface area (Å²) in [6.07, 6.45) is 2.41. The van der Waals surface area contributed by atoms with Crippen molar-refractivity contribution in [3.05, 3.63) is 0 Å². The third-order valence-electron chi connectivity index (χ3n) is 2.07. The van der Waals surface area contributed by atoms with Crippen molar-refractivity contribution in [2.45, 2.75) is 33.1 Å². The van der Waals surface area contributed by atoms with E-state index in [-0.39, 0.29) is 11.4 Å². The highest BCUT2D eigenvalue weighted by Crippen LogP contribution is 2.22. The van der Waals surface area contributed by atoms with Crippen LogP contribution in [0.3, 0.4) is 0 Å². The zero-order chi connectivity index (χ0) is 11.7. The first-order valence-electron chi connectivity index (χ1n) is 5.07. The highest BCUT2D eigenvalue weighted by Gasteiger charge is 2.15. The normalized spacial score (nSPS) is 10.8. The Hall–Kier alpha value is -0.690. The molecule has 0 rings (SSSR count). The van der Waals surface area contributed by atoms with E-state index >= 15 is 0 Å². The van der Waals surface area contributed by atoms with Gasteiger partial charge in [0.2, 0.25) is 0 Å². The lowest BCUT2D eigenvalue weighted by atomic mass is 9.90. The van der Waals surface area contributed by atoms with Crippen molar-refractivity contribution in [3.63, 3.8) is 0 Å². The maximum Gasteiger partial charge on any atom is 0.306 e. The number of methoxy groups -OCH3 is 1. The van der Waals surface area contributed by atoms with Gasteiger partial charge in [-0.2, -0.15) is 17.0 Å². The molecule has 0 amide bonds. The van der Waals surface area contributed by atoms with Crippen LogP contribution in [0, 0.1) is 16.7 Å². The van der Waals surface area contributed by atoms with Crippen LogP contribution >= 0.6 is 11.8 Å². The van der Waals surface area contributed by atoms with Crippen molar-refractivity contribution in [1.29, 1.82) is 5.26 Å². The highest BCUT2D eigenvalue weighted by atomic mass is 32.2. The highest BCUT2D eigenvalue weighted by molar-refractivity contribution is 7.99. The fourth-order valence-corrected chi connectivity index (χ4v) is 1.90. The van der Waals surface area contributed by atoms with E-state index in [1.165, 1.54) is 7.11 Å². The largest absolute Gasteiger partial charge is 0.469 e. The van der Waals surface area contributed by atoms with Gasteiger partial charge in [-0.15, -0.1) is 0 Å². The van der Waals surface area contributed by atoms with Crippen LogP contribution in [0.25, 0.3) is 0 Å². The lowest BCUT2D eigenvalue weighted by Crippen LogP contribution is -2.08. The van der Waals surface area contributed by atoms with Gasteiger partial charge in [-0.25, -0.2) is 0 Å². The van der Waals surface area contributed by atoms with Gasteiger partial charge < -0.3 is 4.74 Å². The van der Waals surface area contributed by atoms with Gasteiger partial charge in [0.05, 0.1) is 25.0 Å². The van der Waals surface area contributed by atoms with Crippen molar-refractivity contribution in [3.8, 4) is 6.07 Å². The van der Waals surface area contributed by atoms with Gasteiger partial charge in [0.15, 0.2) is 0 Å². The van der Waals surface area contributed by atoms with Crippen LogP contribution in [0.15, 0.2) is 0 Å². The summed E-state index contributed by atoms with van der Waals surface area (Å²) in [5, 5.41) is 8.78. The average molecular weight is 229 g/mol. The molecule has 0 aliphatic heterocycles. The Labute approximate surface area is 96.2 Å². The molecule has 0 atom stereocenters. The number of rotatable bonds is 7. The number of nitrogens with zero attached hydrogens (tertiary/aromatic N) is 1. The minimum absolute atomic E-state index is 0.153. The minimum atomic E-state index is -0.219. The van der Waals surface area contributed by atoms with E-state index in [2.05, 4.69) is 10.8 Å². The van der Waals surface area contributed by atoms with E-state index in [1.54, 1.807) is 11.8 Å². The second kappa shape index (κ2) is 7.58. The summed E-state index contributed by atoms with van der Waals surface area (Å²) in [5.74, 6) is 1.65. The number of ether oxygens (including phenoxy) is 1. The quantitative estimate of drug-likeness (QED) is 0.497. The predicted molar refractivity (Wildman–Crippen MR) is 62.6 cm³/mol. The zero-order valence-electron chi connectivity index (χ0n) is 9.71. The van der Waals surface area contributed by atoms with Gasteiger partial charge >= 0.3 is 5.97 Å². The summed E-state index contributed by atoms with van der Waals surface area (Å²) in [6, 6.07) is 2.28. The Morgan fingerprint density at radius 2 is 2.13 bits per heavy atom. The van der Waals surface area contributed by atoms with Crippen LogP contribution in [0.2, 0.25) is 0 Å². The molecule has 0 heterocycles. The first kappa shape index (κ1) is 14.3. The van der Waals surface area contributed by atoms with Gasteiger partial charge in [-0.1, -0.05) is 0 Å². The van der Waals surface area contributed by atoms with Crippen molar-refractivity contribution in [2.75, 3.05) is 18.6 Å². The molecular formula is C11H19NO2S. The number of hydrogen-bond donors (Lipinski definition) is 0. The molecule has 15 heavy (non-hydrogen) atoms. The van der Waals surface area contributed by atoms with E-state index in [9.17, 15) is 4.79 Å². The molecule has 0 unspecified atom stereocenters. The summed E-state index contributed by atoms with van der Waals surface area (Å²) < 4.78 is 4.53. The molecule has 86 valence electrons. The van der Waals surface area contributed by atoms with Gasteiger partial charge in [0.1, 0.15) is 0 Å². The maximum absolute atomic E-state index is 10.8. The third kappa shape index (κ3) is 8.31. The number of esters is 1. The van der Waals surface area contributed by atoms with E-state index in [1.807, 2.05) is 13.8 Å². The molecule has 0 aromatic rings. The van der Waals surface area contributed by atoms with E-state index in [0.29, 0.717) is 6.42 Å². The van der Waals surface area contributed by atoms with Gasteiger partial charge in [-0.3, -0.25) is 4.79 Å². The van der Waals surface area contributed by atoms with Crippen molar-refractivity contribution >= 4 is 17.7 Å². The van der Waals surface area contributed by atoms with Crippen LogP contribution < -0.4 is 0 Å². The van der Waals surface area contributed by atoms with E-state index in [0.717, 1.165) is 24.3 Å². The summed E-state index contributed by atoms with van der Waals surface area (Å²) in [6.45, 7) is 3.90. The monoisotopic (exact) mass is 229 g/mol. The van der Waals surface area contributed by atoms with Crippen LogP contribution in [0.4, 0.5) is 0 Å². The number of hydrogen-bond acceptors (Lipinski definition) is 4. The lowest BCUT2D eigenvalue weighted by molar-refractivity contribution is -0.140. The number of thioether (sulfide) groups is 1. The maximum atomic E-state index is 10.8. The minimum Gasteiger partial charge on any atom is -0.469 e. The van der Waals surface area contributed by atoms with Crippen LogP contribution in [-0.4, -0.2) is 24.6 Å².